The highest BCUT2D eigenvalue weighted by Crippen LogP contribution is 2.48. The molecule has 0 bridgehead atoms. The van der Waals surface area contributed by atoms with Crippen molar-refractivity contribution in [3.63, 3.8) is 0 Å². The number of nitrogens with one attached hydrogen (secondary N) is 1. The monoisotopic (exact) mass is 332 g/mol. The van der Waals surface area contributed by atoms with Crippen LogP contribution in [0, 0.1) is 5.41 Å². The van der Waals surface area contributed by atoms with Crippen molar-refractivity contribution in [1.82, 2.24) is 24.8 Å². The first-order valence-electron chi connectivity index (χ1n) is 7.80. The molecular formula is C15H20N6O3. The third-order valence-electron chi connectivity index (χ3n) is 4.49. The molecule has 4 N–H and O–H groups in total. The van der Waals surface area contributed by atoms with Crippen LogP contribution in [0.1, 0.15) is 19.6 Å². The van der Waals surface area contributed by atoms with Gasteiger partial charge < -0.3 is 25.6 Å². The van der Waals surface area contributed by atoms with Crippen LogP contribution in [0.25, 0.3) is 11.2 Å². The van der Waals surface area contributed by atoms with E-state index < -0.39 is 0 Å². The lowest BCUT2D eigenvalue weighted by Crippen LogP contribution is -2.24. The number of ether oxygens (including phenoxy) is 2. The smallest absolute Gasteiger partial charge is 0.246 e. The maximum absolute atomic E-state index is 9.55. The molecule has 0 spiro atoms. The maximum atomic E-state index is 9.55. The molecule has 2 aliphatic heterocycles. The van der Waals surface area contributed by atoms with Gasteiger partial charge in [0.25, 0.3) is 0 Å². The summed E-state index contributed by atoms with van der Waals surface area (Å²) in [6.07, 6.45) is 3.93. The highest BCUT2D eigenvalue weighted by Gasteiger charge is 2.46. The number of anilines is 1. The largest absolute Gasteiger partial charge is 0.479 e. The fourth-order valence-electron chi connectivity index (χ4n) is 3.37. The summed E-state index contributed by atoms with van der Waals surface area (Å²) in [5, 5.41) is 12.8. The van der Waals surface area contributed by atoms with Crippen molar-refractivity contribution in [1.29, 1.82) is 0 Å². The first-order valence-corrected chi connectivity index (χ1v) is 7.80. The quantitative estimate of drug-likeness (QED) is 0.676. The Bertz CT molecular complexity index is 813. The van der Waals surface area contributed by atoms with E-state index in [1.165, 1.54) is 12.8 Å². The van der Waals surface area contributed by atoms with E-state index in [-0.39, 0.29) is 30.3 Å². The van der Waals surface area contributed by atoms with Gasteiger partial charge in [-0.1, -0.05) is 13.0 Å². The number of fused-ring (bicyclic) bond motifs is 1. The second-order valence-corrected chi connectivity index (χ2v) is 6.44. The molecule has 0 aliphatic carbocycles. The zero-order valence-electron chi connectivity index (χ0n) is 13.6. The van der Waals surface area contributed by atoms with E-state index in [1.807, 2.05) is 4.57 Å². The molecular weight excluding hydrogens is 312 g/mol. The third-order valence-corrected chi connectivity index (χ3v) is 4.49. The lowest BCUT2D eigenvalue weighted by atomic mass is 9.84. The molecule has 3 atom stereocenters. The third kappa shape index (κ3) is 2.36. The van der Waals surface area contributed by atoms with Crippen molar-refractivity contribution >= 4 is 17.1 Å². The molecule has 4 heterocycles. The molecule has 2 aromatic rings. The van der Waals surface area contributed by atoms with Gasteiger partial charge in [-0.25, -0.2) is 4.98 Å². The molecule has 9 heteroatoms. The molecule has 4 rings (SSSR count). The predicted octanol–water partition coefficient (Wildman–Crippen LogP) is 0.190. The van der Waals surface area contributed by atoms with Crippen LogP contribution in [-0.2, 0) is 4.74 Å². The summed E-state index contributed by atoms with van der Waals surface area (Å²) < 4.78 is 13.2. The Labute approximate surface area is 138 Å². The lowest BCUT2D eigenvalue weighted by Gasteiger charge is -2.27. The van der Waals surface area contributed by atoms with Crippen molar-refractivity contribution in [2.75, 3.05) is 26.0 Å². The number of aliphatic hydroxyl groups is 1. The first kappa shape index (κ1) is 15.2. The molecule has 0 saturated carbocycles. The van der Waals surface area contributed by atoms with E-state index in [1.54, 1.807) is 6.33 Å². The fraction of sp³-hybridized carbons (Fsp3) is 0.533. The molecule has 0 radical (unpaired) electrons. The number of rotatable bonds is 4. The number of nitrogen functional groups attached to an aromatic ring is 1. The van der Waals surface area contributed by atoms with E-state index in [2.05, 4.69) is 33.3 Å². The molecule has 2 aromatic heterocycles. The van der Waals surface area contributed by atoms with Gasteiger partial charge in [-0.05, 0) is 6.42 Å². The molecule has 128 valence electrons. The minimum Gasteiger partial charge on any atom is -0.479 e. The standard InChI is InChI=1S/C15H20N6O3/c1-15(3-8-5-17-8)4-9(6-22)24-13(15)21-7-18-10-11(21)19-14(16)20-12(10)23-2/h3,7,9,13,17,22H,4-6H2,1-2H3,(H2,16,19,20)/t9-,13+,15+/m0/s1. The van der Waals surface area contributed by atoms with Crippen LogP contribution < -0.4 is 15.8 Å². The normalized spacial score (nSPS) is 30.7. The minimum absolute atomic E-state index is 0.0320. The van der Waals surface area contributed by atoms with Crippen LogP contribution in [0.3, 0.4) is 0 Å². The summed E-state index contributed by atoms with van der Waals surface area (Å²) in [5.41, 5.74) is 7.76. The Morgan fingerprint density at radius 2 is 2.38 bits per heavy atom. The highest BCUT2D eigenvalue weighted by molar-refractivity contribution is 5.77. The van der Waals surface area contributed by atoms with E-state index in [0.717, 1.165) is 6.54 Å². The Hall–Kier alpha value is -2.39. The van der Waals surface area contributed by atoms with Crippen molar-refractivity contribution in [3.05, 3.63) is 18.1 Å². The number of aliphatic hydroxyl groups excluding tert-OH is 1. The minimum atomic E-state index is -0.353. The second kappa shape index (κ2) is 5.32. The van der Waals surface area contributed by atoms with Gasteiger partial charge in [0.2, 0.25) is 11.8 Å². The number of nitrogens with zero attached hydrogens (tertiary/aromatic N) is 4. The fourth-order valence-corrected chi connectivity index (χ4v) is 3.37. The van der Waals surface area contributed by atoms with Crippen LogP contribution in [0.2, 0.25) is 0 Å². The van der Waals surface area contributed by atoms with E-state index in [4.69, 9.17) is 15.2 Å². The van der Waals surface area contributed by atoms with E-state index in [9.17, 15) is 5.11 Å². The van der Waals surface area contributed by atoms with E-state index >= 15 is 0 Å². The zero-order valence-corrected chi connectivity index (χ0v) is 13.6. The predicted molar refractivity (Wildman–Crippen MR) is 86.1 cm³/mol. The summed E-state index contributed by atoms with van der Waals surface area (Å²) in [6, 6.07) is 0. The Kier molecular flexibility index (Phi) is 3.36. The zero-order chi connectivity index (χ0) is 16.9. The highest BCUT2D eigenvalue weighted by atomic mass is 16.5. The summed E-state index contributed by atoms with van der Waals surface area (Å²) in [7, 11) is 1.52. The number of hydrogen-bond acceptors (Lipinski definition) is 8. The SMILES string of the molecule is COc1nc(N)nc2c1ncn2[C@@H]1O[C@H](CO)C[C@@]1(C)C=C1CN1. The van der Waals surface area contributed by atoms with Crippen LogP contribution in [0.15, 0.2) is 18.1 Å². The number of imidazole rings is 1. The molecule has 0 amide bonds. The van der Waals surface area contributed by atoms with Crippen LogP contribution in [0.5, 0.6) is 5.88 Å². The number of nitrogens with two attached hydrogens (primary N) is 1. The van der Waals surface area contributed by atoms with Crippen molar-refractivity contribution in [3.8, 4) is 5.88 Å². The average molecular weight is 332 g/mol. The molecule has 24 heavy (non-hydrogen) atoms. The van der Waals surface area contributed by atoms with Gasteiger partial charge in [0.1, 0.15) is 6.23 Å². The van der Waals surface area contributed by atoms with E-state index in [0.29, 0.717) is 23.5 Å². The van der Waals surface area contributed by atoms with Gasteiger partial charge in [-0.2, -0.15) is 9.97 Å². The lowest BCUT2D eigenvalue weighted by molar-refractivity contribution is -0.0397. The van der Waals surface area contributed by atoms with Gasteiger partial charge in [0.05, 0.1) is 32.7 Å². The molecule has 2 saturated heterocycles. The summed E-state index contributed by atoms with van der Waals surface area (Å²) in [5.74, 6) is 0.443. The molecule has 2 fully saturated rings. The molecule has 0 aromatic carbocycles. The van der Waals surface area contributed by atoms with Gasteiger partial charge >= 0.3 is 0 Å². The number of aromatic nitrogens is 4. The summed E-state index contributed by atoms with van der Waals surface area (Å²) >= 11 is 0. The second-order valence-electron chi connectivity index (χ2n) is 6.44. The Balaban J connectivity index is 1.83. The Morgan fingerprint density at radius 1 is 1.58 bits per heavy atom. The number of hydrogen-bond donors (Lipinski definition) is 3. The summed E-state index contributed by atoms with van der Waals surface area (Å²) in [6.45, 7) is 2.96. The Morgan fingerprint density at radius 3 is 3.04 bits per heavy atom. The van der Waals surface area contributed by atoms with Crippen LogP contribution >= 0.6 is 0 Å². The topological polar surface area (TPSA) is 130 Å². The van der Waals surface area contributed by atoms with Crippen molar-refractivity contribution < 1.29 is 14.6 Å². The van der Waals surface area contributed by atoms with Crippen molar-refractivity contribution in [2.24, 2.45) is 5.41 Å². The van der Waals surface area contributed by atoms with Crippen LogP contribution in [0.4, 0.5) is 5.95 Å². The number of methoxy groups -OCH3 is 1. The first-order chi connectivity index (χ1) is 11.5. The van der Waals surface area contributed by atoms with Gasteiger partial charge in [0, 0.05) is 11.1 Å². The summed E-state index contributed by atoms with van der Waals surface area (Å²) in [4.78, 5) is 12.7. The van der Waals surface area contributed by atoms with Crippen molar-refractivity contribution in [2.45, 2.75) is 25.7 Å². The molecule has 0 unspecified atom stereocenters. The van der Waals surface area contributed by atoms with Gasteiger partial charge in [-0.3, -0.25) is 4.57 Å². The van der Waals surface area contributed by atoms with Gasteiger partial charge in [0.15, 0.2) is 11.2 Å². The average Bonchev–Trinajstić information content (AvgIpc) is 3.16. The van der Waals surface area contributed by atoms with Gasteiger partial charge in [-0.15, -0.1) is 0 Å². The maximum Gasteiger partial charge on any atom is 0.246 e. The molecule has 2 aliphatic rings. The molecule has 9 nitrogen and oxygen atoms in total. The van der Waals surface area contributed by atoms with Crippen LogP contribution in [-0.4, -0.2) is 51.0 Å².